The van der Waals surface area contributed by atoms with Crippen molar-refractivity contribution in [2.75, 3.05) is 6.61 Å². The third-order valence-corrected chi connectivity index (χ3v) is 7.09. The van der Waals surface area contributed by atoms with E-state index >= 15 is 0 Å². The quantitative estimate of drug-likeness (QED) is 0.385. The van der Waals surface area contributed by atoms with Crippen LogP contribution in [0, 0.1) is 5.92 Å². The molecule has 0 radical (unpaired) electrons. The van der Waals surface area contributed by atoms with E-state index in [4.69, 9.17) is 9.47 Å². The summed E-state index contributed by atoms with van der Waals surface area (Å²) in [5, 5.41) is 11.0. The summed E-state index contributed by atoms with van der Waals surface area (Å²) in [4.78, 5) is 16.9. The van der Waals surface area contributed by atoms with Gasteiger partial charge in [0.05, 0.1) is 18.3 Å². The molecule has 1 aliphatic heterocycles. The number of carbonyl (C=O) groups is 1. The van der Waals surface area contributed by atoms with Gasteiger partial charge in [0.15, 0.2) is 0 Å². The van der Waals surface area contributed by atoms with Crippen LogP contribution in [0.15, 0.2) is 42.5 Å². The Morgan fingerprint density at radius 2 is 2.16 bits per heavy atom. The van der Waals surface area contributed by atoms with Crippen LogP contribution in [0.5, 0.6) is 11.5 Å². The van der Waals surface area contributed by atoms with E-state index in [0.29, 0.717) is 30.3 Å². The number of esters is 1. The lowest BCUT2D eigenvalue weighted by Gasteiger charge is -2.47. The Labute approximate surface area is 190 Å². The van der Waals surface area contributed by atoms with Gasteiger partial charge < -0.3 is 19.1 Å². The number of hydrogen-bond donors (Lipinski definition) is 1. The molecule has 6 heteroatoms. The van der Waals surface area contributed by atoms with Crippen LogP contribution in [0.1, 0.15) is 70.9 Å². The second-order valence-corrected chi connectivity index (χ2v) is 10.2. The number of aromatic hydroxyl groups is 1. The monoisotopic (exact) mass is 438 g/mol. The average molecular weight is 439 g/mol. The van der Waals surface area contributed by atoms with Crippen LogP contribution in [-0.2, 0) is 21.5 Å². The Morgan fingerprint density at radius 1 is 1.38 bits per heavy atom. The number of nitrogens with zero attached hydrogens (tertiary/aromatic N) is 2. The number of phenolic OH excluding ortho intramolecular Hbond substituents is 1. The van der Waals surface area contributed by atoms with Gasteiger partial charge in [-0.3, -0.25) is 4.79 Å². The summed E-state index contributed by atoms with van der Waals surface area (Å²) in [6, 6.07) is 3.64. The normalized spacial score (nSPS) is 21.7. The molecule has 4 rings (SSSR count). The van der Waals surface area contributed by atoms with Crippen LogP contribution in [0.4, 0.5) is 0 Å². The van der Waals surface area contributed by atoms with Gasteiger partial charge in [-0.15, -0.1) is 0 Å². The molecule has 0 saturated heterocycles. The van der Waals surface area contributed by atoms with E-state index in [0.717, 1.165) is 24.9 Å². The lowest BCUT2D eigenvalue weighted by atomic mass is 9.67. The lowest BCUT2D eigenvalue weighted by Crippen LogP contribution is -2.45. The second kappa shape index (κ2) is 8.30. The molecule has 2 aliphatic rings. The van der Waals surface area contributed by atoms with Crippen molar-refractivity contribution >= 4 is 5.97 Å². The number of hydrogen-bond acceptors (Lipinski definition) is 5. The molecular weight excluding hydrogens is 404 g/mol. The first kappa shape index (κ1) is 22.4. The fraction of sp³-hybridized carbons (Fsp3) is 0.538. The summed E-state index contributed by atoms with van der Waals surface area (Å²) in [7, 11) is 0. The van der Waals surface area contributed by atoms with Crippen molar-refractivity contribution in [3.8, 4) is 11.5 Å². The van der Waals surface area contributed by atoms with Gasteiger partial charge >= 0.3 is 5.97 Å². The lowest BCUT2D eigenvalue weighted by molar-refractivity contribution is -0.149. The number of ether oxygens (including phenoxy) is 2. The van der Waals surface area contributed by atoms with Crippen molar-refractivity contribution in [2.45, 2.75) is 77.4 Å². The van der Waals surface area contributed by atoms with Crippen LogP contribution < -0.4 is 4.74 Å². The maximum Gasteiger partial charge on any atom is 0.315 e. The minimum absolute atomic E-state index is 0.207. The maximum absolute atomic E-state index is 12.9. The van der Waals surface area contributed by atoms with E-state index in [9.17, 15) is 9.90 Å². The van der Waals surface area contributed by atoms with Crippen LogP contribution in [0.25, 0.3) is 0 Å². The van der Waals surface area contributed by atoms with E-state index in [-0.39, 0.29) is 23.2 Å². The van der Waals surface area contributed by atoms with Crippen molar-refractivity contribution in [2.24, 2.45) is 5.92 Å². The number of benzene rings is 1. The van der Waals surface area contributed by atoms with Crippen molar-refractivity contribution in [1.82, 2.24) is 9.55 Å². The van der Waals surface area contributed by atoms with Gasteiger partial charge in [0, 0.05) is 36.3 Å². The Kier molecular flexibility index (Phi) is 5.82. The molecule has 1 N–H and O–H groups in total. The fourth-order valence-electron chi connectivity index (χ4n) is 5.05. The topological polar surface area (TPSA) is 73.6 Å². The molecule has 1 aliphatic carbocycles. The number of aryl methyl sites for hydroxylation is 1. The summed E-state index contributed by atoms with van der Waals surface area (Å²) in [6.07, 6.45) is 10.2. The van der Waals surface area contributed by atoms with E-state index in [1.165, 1.54) is 5.57 Å². The Balaban J connectivity index is 1.53. The molecule has 2 atom stereocenters. The van der Waals surface area contributed by atoms with Crippen LogP contribution in [0.2, 0.25) is 0 Å². The molecule has 32 heavy (non-hydrogen) atoms. The van der Waals surface area contributed by atoms with Crippen molar-refractivity contribution in [3.05, 3.63) is 53.6 Å². The third-order valence-electron chi connectivity index (χ3n) is 7.09. The molecule has 0 spiro atoms. The number of allylic oxidation sites excluding steroid dienone is 2. The zero-order valence-corrected chi connectivity index (χ0v) is 19.7. The first-order valence-corrected chi connectivity index (χ1v) is 11.4. The standard InChI is InChI=1S/C26H34N2O4/c1-17-7-8-20-19(13-17)23-21(29)14-18(15-22(23)32-26(20,4)5)25(2,3)24(30)31-12-6-10-28-11-9-27-16-28/h7,9,11,14-16,19-20,29H,6,8,10,12-13H2,1-5H3/t19-,20?/m1/s1. The highest BCUT2D eigenvalue weighted by Crippen LogP contribution is 2.54. The van der Waals surface area contributed by atoms with Crippen molar-refractivity contribution in [3.63, 3.8) is 0 Å². The van der Waals surface area contributed by atoms with Crippen molar-refractivity contribution in [1.29, 1.82) is 0 Å². The van der Waals surface area contributed by atoms with Gasteiger partial charge in [-0.25, -0.2) is 4.98 Å². The van der Waals surface area contributed by atoms with E-state index in [1.807, 2.05) is 30.7 Å². The molecule has 2 heterocycles. The summed E-state index contributed by atoms with van der Waals surface area (Å²) in [6.45, 7) is 11.1. The third kappa shape index (κ3) is 4.15. The van der Waals surface area contributed by atoms with Gasteiger partial charge in [0.25, 0.3) is 0 Å². The average Bonchev–Trinajstić information content (AvgIpc) is 3.23. The molecule has 0 saturated carbocycles. The molecule has 2 aromatic rings. The molecule has 0 amide bonds. The highest BCUT2D eigenvalue weighted by atomic mass is 16.5. The molecule has 0 fully saturated rings. The maximum atomic E-state index is 12.9. The van der Waals surface area contributed by atoms with Crippen molar-refractivity contribution < 1.29 is 19.4 Å². The van der Waals surface area contributed by atoms with E-state index in [1.54, 1.807) is 18.6 Å². The predicted octanol–water partition coefficient (Wildman–Crippen LogP) is 5.11. The zero-order valence-electron chi connectivity index (χ0n) is 19.7. The van der Waals surface area contributed by atoms with E-state index < -0.39 is 5.41 Å². The highest BCUT2D eigenvalue weighted by molar-refractivity contribution is 5.82. The molecule has 1 aromatic carbocycles. The summed E-state index contributed by atoms with van der Waals surface area (Å²) in [5.74, 6) is 1.10. The zero-order chi connectivity index (χ0) is 23.1. The minimum atomic E-state index is -0.908. The van der Waals surface area contributed by atoms with Gasteiger partial charge in [0.1, 0.15) is 17.1 Å². The van der Waals surface area contributed by atoms with Gasteiger partial charge in [-0.05, 0) is 71.6 Å². The smallest absolute Gasteiger partial charge is 0.315 e. The second-order valence-electron chi connectivity index (χ2n) is 10.2. The fourth-order valence-corrected chi connectivity index (χ4v) is 5.05. The number of imidazole rings is 1. The Hall–Kier alpha value is -2.76. The number of fused-ring (bicyclic) bond motifs is 3. The first-order valence-electron chi connectivity index (χ1n) is 11.4. The van der Waals surface area contributed by atoms with Gasteiger partial charge in [0.2, 0.25) is 0 Å². The molecule has 1 aromatic heterocycles. The number of carbonyl (C=O) groups excluding carboxylic acids is 1. The molecular formula is C26H34N2O4. The number of rotatable bonds is 6. The molecule has 0 bridgehead atoms. The Morgan fingerprint density at radius 3 is 2.88 bits per heavy atom. The van der Waals surface area contributed by atoms with Gasteiger partial charge in [-0.1, -0.05) is 11.6 Å². The first-order chi connectivity index (χ1) is 15.1. The highest BCUT2D eigenvalue weighted by Gasteiger charge is 2.46. The summed E-state index contributed by atoms with van der Waals surface area (Å²) in [5.41, 5.74) is 1.66. The number of phenols is 1. The largest absolute Gasteiger partial charge is 0.508 e. The minimum Gasteiger partial charge on any atom is -0.508 e. The number of aromatic nitrogens is 2. The SMILES string of the molecule is CC1=CCC2[C@@H](C1)c1c(O)cc(C(C)(C)C(=O)OCCCn3ccnc3)cc1OC2(C)C. The molecule has 1 unspecified atom stereocenters. The van der Waals surface area contributed by atoms with Crippen LogP contribution in [0.3, 0.4) is 0 Å². The van der Waals surface area contributed by atoms with Gasteiger partial charge in [-0.2, -0.15) is 0 Å². The molecule has 172 valence electrons. The Bertz CT molecular complexity index is 1020. The predicted molar refractivity (Wildman–Crippen MR) is 123 cm³/mol. The van der Waals surface area contributed by atoms with Crippen LogP contribution >= 0.6 is 0 Å². The summed E-state index contributed by atoms with van der Waals surface area (Å²) < 4.78 is 13.9. The van der Waals surface area contributed by atoms with Crippen LogP contribution in [-0.4, -0.2) is 32.8 Å². The molecule has 6 nitrogen and oxygen atoms in total. The van der Waals surface area contributed by atoms with E-state index in [2.05, 4.69) is 31.8 Å². The summed E-state index contributed by atoms with van der Waals surface area (Å²) >= 11 is 0.